The molecule has 7 heteroatoms. The van der Waals surface area contributed by atoms with Crippen LogP contribution < -0.4 is 0 Å². The Labute approximate surface area is 111 Å². The van der Waals surface area contributed by atoms with Gasteiger partial charge in [-0.2, -0.15) is 0 Å². The molecule has 0 radical (unpaired) electrons. The van der Waals surface area contributed by atoms with Gasteiger partial charge in [-0.3, -0.25) is 0 Å². The van der Waals surface area contributed by atoms with E-state index >= 15 is 0 Å². The van der Waals surface area contributed by atoms with Crippen molar-refractivity contribution in [3.8, 4) is 11.3 Å². The third-order valence-electron chi connectivity index (χ3n) is 2.71. The lowest BCUT2D eigenvalue weighted by atomic mass is 9.96. The summed E-state index contributed by atoms with van der Waals surface area (Å²) in [5, 5.41) is 12.0. The Balaban J connectivity index is 2.60. The molecule has 20 heavy (non-hydrogen) atoms. The first-order chi connectivity index (χ1) is 9.20. The molecule has 0 bridgehead atoms. The van der Waals surface area contributed by atoms with Gasteiger partial charge in [0.1, 0.15) is 11.4 Å². The van der Waals surface area contributed by atoms with Gasteiger partial charge in [-0.25, -0.2) is 18.0 Å². The zero-order chi connectivity index (χ0) is 15.1. The molecule has 106 valence electrons. The van der Waals surface area contributed by atoms with E-state index in [9.17, 15) is 18.0 Å². The van der Waals surface area contributed by atoms with Gasteiger partial charge in [0.2, 0.25) is 5.76 Å². The first-order valence-corrected chi connectivity index (χ1v) is 5.59. The van der Waals surface area contributed by atoms with Crippen molar-refractivity contribution in [1.82, 2.24) is 5.16 Å². The lowest BCUT2D eigenvalue weighted by Crippen LogP contribution is -2.10. The molecule has 1 N–H and O–H groups in total. The van der Waals surface area contributed by atoms with E-state index in [1.807, 2.05) is 0 Å². The van der Waals surface area contributed by atoms with E-state index in [0.717, 1.165) is 18.2 Å². The molecule has 0 saturated heterocycles. The zero-order valence-corrected chi connectivity index (χ0v) is 10.6. The number of carboxylic acids is 1. The second kappa shape index (κ2) is 4.66. The van der Waals surface area contributed by atoms with Crippen LogP contribution in [-0.4, -0.2) is 16.2 Å². The average Bonchev–Trinajstić information content (AvgIpc) is 2.80. The lowest BCUT2D eigenvalue weighted by Gasteiger charge is -2.16. The topological polar surface area (TPSA) is 63.3 Å². The van der Waals surface area contributed by atoms with E-state index < -0.39 is 29.0 Å². The van der Waals surface area contributed by atoms with Crippen molar-refractivity contribution in [2.75, 3.05) is 0 Å². The van der Waals surface area contributed by atoms with Crippen LogP contribution in [0.5, 0.6) is 0 Å². The molecule has 0 amide bonds. The fourth-order valence-electron chi connectivity index (χ4n) is 1.62. The molecule has 0 atom stereocenters. The standard InChI is InChI=1S/C13H10F3NO3/c1-13(2,16)6-3-7(11(15)8(14)4-6)9-5-10(12(18)19)20-17-9/h3-5H,1-2H3,(H,18,19). The van der Waals surface area contributed by atoms with Crippen LogP contribution in [0.2, 0.25) is 0 Å². The number of halogens is 3. The van der Waals surface area contributed by atoms with Crippen molar-refractivity contribution in [2.24, 2.45) is 0 Å². The van der Waals surface area contributed by atoms with Crippen LogP contribution in [0.4, 0.5) is 13.2 Å². The maximum Gasteiger partial charge on any atom is 0.374 e. The van der Waals surface area contributed by atoms with E-state index in [1.54, 1.807) is 0 Å². The second-order valence-corrected chi connectivity index (χ2v) is 4.67. The highest BCUT2D eigenvalue weighted by Gasteiger charge is 2.25. The molecule has 1 aromatic carbocycles. The van der Waals surface area contributed by atoms with E-state index in [0.29, 0.717) is 0 Å². The average molecular weight is 285 g/mol. The molecular weight excluding hydrogens is 275 g/mol. The minimum absolute atomic E-state index is 0.0914. The van der Waals surface area contributed by atoms with E-state index in [1.165, 1.54) is 13.8 Å². The number of hydrogen-bond donors (Lipinski definition) is 1. The van der Waals surface area contributed by atoms with Gasteiger partial charge >= 0.3 is 5.97 Å². The summed E-state index contributed by atoms with van der Waals surface area (Å²) in [6, 6.07) is 2.76. The van der Waals surface area contributed by atoms with Crippen molar-refractivity contribution in [2.45, 2.75) is 19.5 Å². The van der Waals surface area contributed by atoms with Crippen molar-refractivity contribution in [3.05, 3.63) is 41.2 Å². The molecular formula is C13H10F3NO3. The SMILES string of the molecule is CC(C)(F)c1cc(F)c(F)c(-c2cc(C(=O)O)on2)c1. The van der Waals surface area contributed by atoms with Crippen molar-refractivity contribution in [3.63, 3.8) is 0 Å². The van der Waals surface area contributed by atoms with Gasteiger partial charge in [-0.1, -0.05) is 5.16 Å². The van der Waals surface area contributed by atoms with E-state index in [4.69, 9.17) is 5.11 Å². The number of hydrogen-bond acceptors (Lipinski definition) is 3. The number of alkyl halides is 1. The number of carboxylic acid groups (broad SMARTS) is 1. The quantitative estimate of drug-likeness (QED) is 0.937. The first-order valence-electron chi connectivity index (χ1n) is 5.59. The summed E-state index contributed by atoms with van der Waals surface area (Å²) in [6.45, 7) is 2.38. The summed E-state index contributed by atoms with van der Waals surface area (Å²) < 4.78 is 45.5. The Hall–Kier alpha value is -2.31. The molecule has 2 rings (SSSR count). The molecule has 0 aliphatic heterocycles. The summed E-state index contributed by atoms with van der Waals surface area (Å²) >= 11 is 0. The highest BCUT2D eigenvalue weighted by Crippen LogP contribution is 2.32. The van der Waals surface area contributed by atoms with Crippen molar-refractivity contribution in [1.29, 1.82) is 0 Å². The maximum atomic E-state index is 13.8. The largest absolute Gasteiger partial charge is 0.475 e. The van der Waals surface area contributed by atoms with Crippen molar-refractivity contribution >= 4 is 5.97 Å². The third-order valence-corrected chi connectivity index (χ3v) is 2.71. The number of carbonyl (C=O) groups is 1. The second-order valence-electron chi connectivity index (χ2n) is 4.67. The van der Waals surface area contributed by atoms with Crippen LogP contribution in [0.1, 0.15) is 30.0 Å². The zero-order valence-electron chi connectivity index (χ0n) is 10.6. The number of rotatable bonds is 3. The molecule has 0 spiro atoms. The minimum Gasteiger partial charge on any atom is -0.475 e. The Morgan fingerprint density at radius 3 is 2.45 bits per heavy atom. The molecule has 1 heterocycles. The molecule has 0 unspecified atom stereocenters. The lowest BCUT2D eigenvalue weighted by molar-refractivity contribution is 0.0652. The molecule has 2 aromatic rings. The minimum atomic E-state index is -1.89. The monoisotopic (exact) mass is 285 g/mol. The van der Waals surface area contributed by atoms with Gasteiger partial charge in [0.25, 0.3) is 0 Å². The summed E-state index contributed by atoms with van der Waals surface area (Å²) in [5.41, 5.74) is -2.55. The molecule has 0 saturated carbocycles. The maximum absolute atomic E-state index is 13.8. The van der Waals surface area contributed by atoms with Crippen LogP contribution in [0.3, 0.4) is 0 Å². The number of benzene rings is 1. The summed E-state index contributed by atoms with van der Waals surface area (Å²) in [4.78, 5) is 10.7. The first kappa shape index (κ1) is 14.1. The molecule has 0 aliphatic carbocycles. The summed E-state index contributed by atoms with van der Waals surface area (Å²) in [7, 11) is 0. The smallest absolute Gasteiger partial charge is 0.374 e. The van der Waals surface area contributed by atoms with Crippen LogP contribution in [0, 0.1) is 11.6 Å². The molecule has 0 fully saturated rings. The summed E-state index contributed by atoms with van der Waals surface area (Å²) in [5.74, 6) is -4.41. The number of aromatic carboxylic acids is 1. The number of nitrogens with zero attached hydrogens (tertiary/aromatic N) is 1. The van der Waals surface area contributed by atoms with Crippen LogP contribution in [0.25, 0.3) is 11.3 Å². The van der Waals surface area contributed by atoms with Crippen molar-refractivity contribution < 1.29 is 27.6 Å². The fourth-order valence-corrected chi connectivity index (χ4v) is 1.62. The van der Waals surface area contributed by atoms with Crippen LogP contribution in [0.15, 0.2) is 22.7 Å². The van der Waals surface area contributed by atoms with Gasteiger partial charge < -0.3 is 9.63 Å². The summed E-state index contributed by atoms with van der Waals surface area (Å²) in [6.07, 6.45) is 0. The Morgan fingerprint density at radius 2 is 1.95 bits per heavy atom. The Morgan fingerprint density at radius 1 is 1.30 bits per heavy atom. The predicted octanol–water partition coefficient (Wildman–Crippen LogP) is 3.52. The highest BCUT2D eigenvalue weighted by atomic mass is 19.2. The molecule has 0 aliphatic rings. The van der Waals surface area contributed by atoms with Crippen LogP contribution in [-0.2, 0) is 5.67 Å². The Bertz CT molecular complexity index is 674. The highest BCUT2D eigenvalue weighted by molar-refractivity contribution is 5.85. The van der Waals surface area contributed by atoms with Gasteiger partial charge in [-0.15, -0.1) is 0 Å². The van der Waals surface area contributed by atoms with E-state index in [2.05, 4.69) is 9.68 Å². The van der Waals surface area contributed by atoms with Gasteiger partial charge in [0.15, 0.2) is 11.6 Å². The van der Waals surface area contributed by atoms with E-state index in [-0.39, 0.29) is 16.8 Å². The van der Waals surface area contributed by atoms with Gasteiger partial charge in [-0.05, 0) is 31.5 Å². The van der Waals surface area contributed by atoms with Gasteiger partial charge in [0, 0.05) is 11.6 Å². The normalized spacial score (nSPS) is 11.7. The van der Waals surface area contributed by atoms with Gasteiger partial charge in [0.05, 0.1) is 0 Å². The Kier molecular flexibility index (Phi) is 3.29. The predicted molar refractivity (Wildman–Crippen MR) is 62.9 cm³/mol. The fraction of sp³-hybridized carbons (Fsp3) is 0.231. The molecule has 1 aromatic heterocycles. The third kappa shape index (κ3) is 2.52. The van der Waals surface area contributed by atoms with Crippen LogP contribution >= 0.6 is 0 Å². The number of aromatic nitrogens is 1. The molecule has 4 nitrogen and oxygen atoms in total.